The van der Waals surface area contributed by atoms with Gasteiger partial charge < -0.3 is 11.1 Å². The maximum Gasteiger partial charge on any atom is 0.0421 e. The van der Waals surface area contributed by atoms with Crippen LogP contribution < -0.4 is 11.1 Å². The van der Waals surface area contributed by atoms with Crippen LogP contribution in [0.1, 0.15) is 43.0 Å². The Balaban J connectivity index is 2.03. The Bertz CT molecular complexity index is 358. The minimum Gasteiger partial charge on any atom is -0.323 e. The van der Waals surface area contributed by atoms with Crippen molar-refractivity contribution in [3.05, 3.63) is 34.9 Å². The first-order valence-electron chi connectivity index (χ1n) is 6.27. The zero-order valence-corrected chi connectivity index (χ0v) is 10.3. The quantitative estimate of drug-likeness (QED) is 0.813. The topological polar surface area (TPSA) is 38.0 Å². The third-order valence-electron chi connectivity index (χ3n) is 3.30. The zero-order valence-electron chi connectivity index (χ0n) is 10.3. The molecule has 2 heteroatoms. The monoisotopic (exact) mass is 218 g/mol. The second kappa shape index (κ2) is 4.98. The van der Waals surface area contributed by atoms with Crippen LogP contribution >= 0.6 is 0 Å². The largest absolute Gasteiger partial charge is 0.323 e. The van der Waals surface area contributed by atoms with E-state index in [0.717, 1.165) is 6.54 Å². The molecule has 2 rings (SSSR count). The number of nitrogens with two attached hydrogens (primary N) is 1. The van der Waals surface area contributed by atoms with Crippen molar-refractivity contribution >= 4 is 0 Å². The van der Waals surface area contributed by atoms with Gasteiger partial charge in [-0.25, -0.2) is 0 Å². The van der Waals surface area contributed by atoms with E-state index in [1.54, 1.807) is 0 Å². The van der Waals surface area contributed by atoms with Crippen LogP contribution in [0.5, 0.6) is 0 Å². The maximum atomic E-state index is 6.17. The van der Waals surface area contributed by atoms with Crippen LogP contribution in [0.25, 0.3) is 0 Å². The van der Waals surface area contributed by atoms with E-state index in [2.05, 4.69) is 37.4 Å². The summed E-state index contributed by atoms with van der Waals surface area (Å²) in [5.74, 6) is 0. The van der Waals surface area contributed by atoms with Crippen LogP contribution in [-0.2, 0) is 12.8 Å². The summed E-state index contributed by atoms with van der Waals surface area (Å²) in [6.45, 7) is 5.15. The smallest absolute Gasteiger partial charge is 0.0421 e. The van der Waals surface area contributed by atoms with Crippen molar-refractivity contribution in [1.29, 1.82) is 0 Å². The Hall–Kier alpha value is -0.860. The summed E-state index contributed by atoms with van der Waals surface area (Å²) >= 11 is 0. The van der Waals surface area contributed by atoms with Crippen LogP contribution in [0.15, 0.2) is 18.2 Å². The first kappa shape index (κ1) is 11.6. The van der Waals surface area contributed by atoms with E-state index >= 15 is 0 Å². The van der Waals surface area contributed by atoms with Gasteiger partial charge in [0, 0.05) is 18.6 Å². The Kier molecular flexibility index (Phi) is 3.62. The number of fused-ring (bicyclic) bond motifs is 1. The first-order valence-corrected chi connectivity index (χ1v) is 6.27. The third-order valence-corrected chi connectivity index (χ3v) is 3.30. The normalized spacial score (nSPS) is 16.5. The summed E-state index contributed by atoms with van der Waals surface area (Å²) in [5, 5.41) is 3.39. The lowest BCUT2D eigenvalue weighted by Crippen LogP contribution is -2.31. The van der Waals surface area contributed by atoms with Crippen LogP contribution in [0.2, 0.25) is 0 Å². The van der Waals surface area contributed by atoms with Crippen LogP contribution in [0.4, 0.5) is 0 Å². The van der Waals surface area contributed by atoms with Crippen molar-refractivity contribution in [2.75, 3.05) is 6.54 Å². The van der Waals surface area contributed by atoms with Crippen molar-refractivity contribution in [1.82, 2.24) is 5.32 Å². The molecule has 0 fully saturated rings. The fourth-order valence-electron chi connectivity index (χ4n) is 2.30. The average Bonchev–Trinajstić information content (AvgIpc) is 2.72. The van der Waals surface area contributed by atoms with Gasteiger partial charge in [0.2, 0.25) is 0 Å². The van der Waals surface area contributed by atoms with Gasteiger partial charge in [0.25, 0.3) is 0 Å². The van der Waals surface area contributed by atoms with E-state index in [0.29, 0.717) is 6.04 Å². The minimum absolute atomic E-state index is 0.119. The number of nitrogens with one attached hydrogen (secondary N) is 1. The van der Waals surface area contributed by atoms with Gasteiger partial charge in [-0.3, -0.25) is 0 Å². The summed E-state index contributed by atoms with van der Waals surface area (Å²) in [6.07, 6.45) is 3.78. The first-order chi connectivity index (χ1) is 7.66. The fraction of sp³-hybridized carbons (Fsp3) is 0.571. The lowest BCUT2D eigenvalue weighted by Gasteiger charge is -2.16. The van der Waals surface area contributed by atoms with Gasteiger partial charge in [0.05, 0.1) is 0 Å². The molecule has 0 spiro atoms. The molecule has 1 aliphatic carbocycles. The maximum absolute atomic E-state index is 6.17. The molecule has 1 aliphatic rings. The highest BCUT2D eigenvalue weighted by atomic mass is 14.9. The Morgan fingerprint density at radius 2 is 2.00 bits per heavy atom. The van der Waals surface area contributed by atoms with Gasteiger partial charge in [-0.15, -0.1) is 0 Å². The molecule has 0 aromatic heterocycles. The van der Waals surface area contributed by atoms with E-state index in [1.807, 2.05) is 0 Å². The predicted molar refractivity (Wildman–Crippen MR) is 68.5 cm³/mol. The fourth-order valence-corrected chi connectivity index (χ4v) is 2.30. The highest BCUT2D eigenvalue weighted by molar-refractivity contribution is 5.36. The second-order valence-electron chi connectivity index (χ2n) is 5.05. The van der Waals surface area contributed by atoms with Crippen molar-refractivity contribution in [2.24, 2.45) is 5.73 Å². The second-order valence-corrected chi connectivity index (χ2v) is 5.05. The summed E-state index contributed by atoms with van der Waals surface area (Å²) in [7, 11) is 0. The third kappa shape index (κ3) is 2.63. The lowest BCUT2D eigenvalue weighted by molar-refractivity contribution is 0.537. The molecule has 3 N–H and O–H groups in total. The van der Waals surface area contributed by atoms with Gasteiger partial charge >= 0.3 is 0 Å². The molecule has 0 saturated heterocycles. The molecular formula is C14H22N2. The number of aryl methyl sites for hydroxylation is 2. The van der Waals surface area contributed by atoms with Crippen molar-refractivity contribution in [3.8, 4) is 0 Å². The van der Waals surface area contributed by atoms with Gasteiger partial charge in [-0.2, -0.15) is 0 Å². The molecule has 0 amide bonds. The standard InChI is InChI=1S/C14H22N2/c1-10(2)16-9-14(15)13-7-6-11-4-3-5-12(11)8-13/h6-8,10,14,16H,3-5,9,15H2,1-2H3. The van der Waals surface area contributed by atoms with Gasteiger partial charge in [-0.05, 0) is 36.0 Å². The molecule has 0 radical (unpaired) electrons. The molecule has 1 aromatic carbocycles. The molecule has 1 unspecified atom stereocenters. The van der Waals surface area contributed by atoms with Crippen molar-refractivity contribution < 1.29 is 0 Å². The van der Waals surface area contributed by atoms with Gasteiger partial charge in [0.15, 0.2) is 0 Å². The highest BCUT2D eigenvalue weighted by Crippen LogP contribution is 2.24. The van der Waals surface area contributed by atoms with Crippen LogP contribution in [0.3, 0.4) is 0 Å². The molecule has 0 bridgehead atoms. The Morgan fingerprint density at radius 3 is 2.75 bits per heavy atom. The van der Waals surface area contributed by atoms with Crippen molar-refractivity contribution in [3.63, 3.8) is 0 Å². The molecular weight excluding hydrogens is 196 g/mol. The number of hydrogen-bond donors (Lipinski definition) is 2. The Labute approximate surface area is 98.2 Å². The molecule has 88 valence electrons. The van der Waals surface area contributed by atoms with Crippen molar-refractivity contribution in [2.45, 2.75) is 45.2 Å². The van der Waals surface area contributed by atoms with Gasteiger partial charge in [-0.1, -0.05) is 32.0 Å². The van der Waals surface area contributed by atoms with Crippen LogP contribution in [0, 0.1) is 0 Å². The number of benzene rings is 1. The highest BCUT2D eigenvalue weighted by Gasteiger charge is 2.13. The lowest BCUT2D eigenvalue weighted by atomic mass is 10.0. The summed E-state index contributed by atoms with van der Waals surface area (Å²) in [5.41, 5.74) is 10.5. The molecule has 16 heavy (non-hydrogen) atoms. The van der Waals surface area contributed by atoms with E-state index < -0.39 is 0 Å². The number of hydrogen-bond acceptors (Lipinski definition) is 2. The zero-order chi connectivity index (χ0) is 11.5. The van der Waals surface area contributed by atoms with E-state index in [4.69, 9.17) is 5.73 Å². The summed E-state index contributed by atoms with van der Waals surface area (Å²) in [4.78, 5) is 0. The predicted octanol–water partition coefficient (Wildman–Crippen LogP) is 2.17. The Morgan fingerprint density at radius 1 is 1.25 bits per heavy atom. The molecule has 0 heterocycles. The molecule has 0 saturated carbocycles. The molecule has 0 aliphatic heterocycles. The molecule has 1 atom stereocenters. The van der Waals surface area contributed by atoms with E-state index in [9.17, 15) is 0 Å². The SMILES string of the molecule is CC(C)NCC(N)c1ccc2c(c1)CCC2. The van der Waals surface area contributed by atoms with Crippen LogP contribution in [-0.4, -0.2) is 12.6 Å². The van der Waals surface area contributed by atoms with E-state index in [1.165, 1.54) is 36.0 Å². The number of rotatable bonds is 4. The minimum atomic E-state index is 0.119. The average molecular weight is 218 g/mol. The van der Waals surface area contributed by atoms with Gasteiger partial charge in [0.1, 0.15) is 0 Å². The molecule has 2 nitrogen and oxygen atoms in total. The summed E-state index contributed by atoms with van der Waals surface area (Å²) < 4.78 is 0. The van der Waals surface area contributed by atoms with E-state index in [-0.39, 0.29) is 6.04 Å². The summed E-state index contributed by atoms with van der Waals surface area (Å²) in [6, 6.07) is 7.37. The molecule has 1 aromatic rings.